The first kappa shape index (κ1) is 19.3. The van der Waals surface area contributed by atoms with E-state index in [4.69, 9.17) is 4.74 Å². The zero-order valence-corrected chi connectivity index (χ0v) is 15.7. The number of benzene rings is 2. The second kappa shape index (κ2) is 7.91. The fraction of sp³-hybridized carbons (Fsp3) is 0.300. The number of anilines is 1. The molecule has 138 valence electrons. The van der Waals surface area contributed by atoms with Gasteiger partial charge in [-0.25, -0.2) is 0 Å². The van der Waals surface area contributed by atoms with Crippen molar-refractivity contribution in [2.75, 3.05) is 26.0 Å². The van der Waals surface area contributed by atoms with E-state index in [2.05, 4.69) is 5.32 Å². The topological polar surface area (TPSA) is 78.9 Å². The Morgan fingerprint density at radius 2 is 1.77 bits per heavy atom. The van der Waals surface area contributed by atoms with Gasteiger partial charge in [0.25, 0.3) is 5.91 Å². The van der Waals surface area contributed by atoms with Crippen molar-refractivity contribution in [3.05, 3.63) is 52.6 Å². The minimum Gasteiger partial charge on any atom is -0.504 e. The molecule has 0 radical (unpaired) electrons. The van der Waals surface area contributed by atoms with Crippen molar-refractivity contribution in [1.29, 1.82) is 0 Å². The third kappa shape index (κ3) is 4.14. The summed E-state index contributed by atoms with van der Waals surface area (Å²) in [6.07, 6.45) is 0. The van der Waals surface area contributed by atoms with Crippen molar-refractivity contribution in [3.8, 4) is 11.5 Å². The quantitative estimate of drug-likeness (QED) is 0.863. The molecular weight excluding hydrogens is 332 g/mol. The Morgan fingerprint density at radius 3 is 2.35 bits per heavy atom. The highest BCUT2D eigenvalue weighted by atomic mass is 16.5. The van der Waals surface area contributed by atoms with E-state index in [0.29, 0.717) is 0 Å². The number of amides is 2. The average Bonchev–Trinajstić information content (AvgIpc) is 2.57. The summed E-state index contributed by atoms with van der Waals surface area (Å²) < 4.78 is 5.01. The van der Waals surface area contributed by atoms with Crippen LogP contribution in [0.3, 0.4) is 0 Å². The Bertz CT molecular complexity index is 823. The number of methoxy groups -OCH3 is 1. The zero-order valence-electron chi connectivity index (χ0n) is 15.7. The molecule has 0 saturated carbocycles. The molecule has 0 atom stereocenters. The SMILES string of the molecule is COc1cccc(C(=O)N(C)CC(=O)Nc2c(C)cc(C)cc2C)c1O. The Morgan fingerprint density at radius 1 is 1.15 bits per heavy atom. The number of carbonyl (C=O) groups is 2. The summed E-state index contributed by atoms with van der Waals surface area (Å²) in [6, 6.07) is 8.64. The first-order chi connectivity index (χ1) is 12.2. The number of aromatic hydroxyl groups is 1. The van der Waals surface area contributed by atoms with Gasteiger partial charge in [0.05, 0.1) is 19.2 Å². The van der Waals surface area contributed by atoms with Gasteiger partial charge in [-0.15, -0.1) is 0 Å². The maximum atomic E-state index is 12.5. The first-order valence-electron chi connectivity index (χ1n) is 8.23. The molecule has 2 aromatic carbocycles. The van der Waals surface area contributed by atoms with E-state index >= 15 is 0 Å². The van der Waals surface area contributed by atoms with Crippen molar-refractivity contribution in [3.63, 3.8) is 0 Å². The van der Waals surface area contributed by atoms with Crippen molar-refractivity contribution in [2.45, 2.75) is 20.8 Å². The van der Waals surface area contributed by atoms with E-state index in [1.165, 1.54) is 25.1 Å². The molecule has 0 fully saturated rings. The number of rotatable bonds is 5. The van der Waals surface area contributed by atoms with Crippen LogP contribution in [0.5, 0.6) is 11.5 Å². The van der Waals surface area contributed by atoms with Crippen LogP contribution in [0.15, 0.2) is 30.3 Å². The second-order valence-electron chi connectivity index (χ2n) is 6.34. The van der Waals surface area contributed by atoms with Crippen LogP contribution in [0, 0.1) is 20.8 Å². The van der Waals surface area contributed by atoms with Crippen LogP contribution in [0.25, 0.3) is 0 Å². The van der Waals surface area contributed by atoms with E-state index in [-0.39, 0.29) is 29.5 Å². The molecule has 0 aliphatic heterocycles. The Hall–Kier alpha value is -3.02. The number of aryl methyl sites for hydroxylation is 3. The van der Waals surface area contributed by atoms with E-state index in [9.17, 15) is 14.7 Å². The monoisotopic (exact) mass is 356 g/mol. The standard InChI is InChI=1S/C20H24N2O4/c1-12-9-13(2)18(14(3)10-12)21-17(23)11-22(4)20(25)15-7-6-8-16(26-5)19(15)24/h6-10,24H,11H2,1-5H3,(H,21,23). The number of phenols is 1. The van der Waals surface area contributed by atoms with Gasteiger partial charge >= 0.3 is 0 Å². The molecule has 0 saturated heterocycles. The molecule has 26 heavy (non-hydrogen) atoms. The lowest BCUT2D eigenvalue weighted by Gasteiger charge is -2.19. The van der Waals surface area contributed by atoms with Crippen molar-refractivity contribution < 1.29 is 19.4 Å². The highest BCUT2D eigenvalue weighted by Gasteiger charge is 2.20. The molecule has 0 aromatic heterocycles. The largest absolute Gasteiger partial charge is 0.504 e. The van der Waals surface area contributed by atoms with E-state index < -0.39 is 5.91 Å². The molecule has 2 rings (SSSR count). The maximum absolute atomic E-state index is 12.5. The number of nitrogens with zero attached hydrogens (tertiary/aromatic N) is 1. The summed E-state index contributed by atoms with van der Waals surface area (Å²) >= 11 is 0. The number of likely N-dealkylation sites (N-methyl/N-ethyl adjacent to an activating group) is 1. The van der Waals surface area contributed by atoms with Crippen LogP contribution in [-0.4, -0.2) is 42.5 Å². The van der Waals surface area contributed by atoms with Crippen LogP contribution >= 0.6 is 0 Å². The highest BCUT2D eigenvalue weighted by Crippen LogP contribution is 2.30. The summed E-state index contributed by atoms with van der Waals surface area (Å²) in [5, 5.41) is 13.0. The Labute approximate surface area is 153 Å². The molecular formula is C20H24N2O4. The molecule has 2 N–H and O–H groups in total. The number of phenolic OH excluding ortho intramolecular Hbond substituents is 1. The number of nitrogens with one attached hydrogen (secondary N) is 1. The predicted octanol–water partition coefficient (Wildman–Crippen LogP) is 3.04. The van der Waals surface area contributed by atoms with Gasteiger partial charge in [0, 0.05) is 12.7 Å². The van der Waals surface area contributed by atoms with E-state index in [1.807, 2.05) is 32.9 Å². The Balaban J connectivity index is 2.11. The minimum absolute atomic E-state index is 0.0855. The van der Waals surface area contributed by atoms with Crippen molar-refractivity contribution >= 4 is 17.5 Å². The number of ether oxygens (including phenoxy) is 1. The van der Waals surface area contributed by atoms with Crippen LogP contribution in [0.4, 0.5) is 5.69 Å². The summed E-state index contributed by atoms with van der Waals surface area (Å²) in [7, 11) is 2.92. The molecule has 0 heterocycles. The van der Waals surface area contributed by atoms with Crippen LogP contribution in [0.2, 0.25) is 0 Å². The van der Waals surface area contributed by atoms with Gasteiger partial charge in [-0.3, -0.25) is 9.59 Å². The van der Waals surface area contributed by atoms with Gasteiger partial charge in [-0.2, -0.15) is 0 Å². The number of hydrogen-bond acceptors (Lipinski definition) is 4. The fourth-order valence-corrected chi connectivity index (χ4v) is 2.91. The number of hydrogen-bond donors (Lipinski definition) is 2. The Kier molecular flexibility index (Phi) is 5.87. The number of para-hydroxylation sites is 1. The summed E-state index contributed by atoms with van der Waals surface area (Å²) in [6.45, 7) is 5.72. The van der Waals surface area contributed by atoms with Crippen LogP contribution in [-0.2, 0) is 4.79 Å². The van der Waals surface area contributed by atoms with Gasteiger partial charge < -0.3 is 20.1 Å². The van der Waals surface area contributed by atoms with Crippen LogP contribution < -0.4 is 10.1 Å². The summed E-state index contributed by atoms with van der Waals surface area (Å²) in [5.41, 5.74) is 3.90. The van der Waals surface area contributed by atoms with Crippen molar-refractivity contribution in [1.82, 2.24) is 4.90 Å². The molecule has 0 bridgehead atoms. The van der Waals surface area contributed by atoms with Gasteiger partial charge in [0.15, 0.2) is 11.5 Å². The molecule has 2 amide bonds. The predicted molar refractivity (Wildman–Crippen MR) is 101 cm³/mol. The fourth-order valence-electron chi connectivity index (χ4n) is 2.91. The van der Waals surface area contributed by atoms with Gasteiger partial charge in [0.1, 0.15) is 0 Å². The van der Waals surface area contributed by atoms with Crippen LogP contribution in [0.1, 0.15) is 27.0 Å². The summed E-state index contributed by atoms with van der Waals surface area (Å²) in [4.78, 5) is 26.1. The van der Waals surface area contributed by atoms with E-state index in [1.54, 1.807) is 12.1 Å². The lowest BCUT2D eigenvalue weighted by molar-refractivity contribution is -0.116. The molecule has 2 aromatic rings. The lowest BCUT2D eigenvalue weighted by atomic mass is 10.1. The van der Waals surface area contributed by atoms with Gasteiger partial charge in [0.2, 0.25) is 5.91 Å². The molecule has 0 aliphatic rings. The maximum Gasteiger partial charge on any atom is 0.257 e. The normalized spacial score (nSPS) is 10.3. The lowest BCUT2D eigenvalue weighted by Crippen LogP contribution is -2.35. The third-order valence-electron chi connectivity index (χ3n) is 4.12. The molecule has 0 spiro atoms. The van der Waals surface area contributed by atoms with Gasteiger partial charge in [-0.05, 0) is 44.0 Å². The van der Waals surface area contributed by atoms with Gasteiger partial charge in [-0.1, -0.05) is 23.8 Å². The third-order valence-corrected chi connectivity index (χ3v) is 4.12. The van der Waals surface area contributed by atoms with Crippen molar-refractivity contribution in [2.24, 2.45) is 0 Å². The zero-order chi connectivity index (χ0) is 19.4. The molecule has 6 heteroatoms. The smallest absolute Gasteiger partial charge is 0.257 e. The first-order valence-corrected chi connectivity index (χ1v) is 8.23. The minimum atomic E-state index is -0.464. The molecule has 0 unspecified atom stereocenters. The average molecular weight is 356 g/mol. The summed E-state index contributed by atoms with van der Waals surface area (Å²) in [5.74, 6) is -0.802. The van der Waals surface area contributed by atoms with E-state index in [0.717, 1.165) is 22.4 Å². The highest BCUT2D eigenvalue weighted by molar-refractivity contribution is 6.01. The molecule has 0 aliphatic carbocycles. The molecule has 6 nitrogen and oxygen atoms in total. The second-order valence-corrected chi connectivity index (χ2v) is 6.34. The number of carbonyl (C=O) groups excluding carboxylic acids is 2.